The average molecular weight is 295 g/mol. The molecule has 2 aromatic rings. The molecule has 0 bridgehead atoms. The summed E-state index contributed by atoms with van der Waals surface area (Å²) in [6.45, 7) is 6.38. The van der Waals surface area contributed by atoms with E-state index < -0.39 is 0 Å². The Morgan fingerprint density at radius 2 is 1.77 bits per heavy atom. The van der Waals surface area contributed by atoms with Crippen LogP contribution in [0.1, 0.15) is 24.5 Å². The number of ether oxygens (including phenoxy) is 1. The highest BCUT2D eigenvalue weighted by Gasteiger charge is 2.22. The maximum atomic E-state index is 5.96. The van der Waals surface area contributed by atoms with E-state index in [1.807, 2.05) is 0 Å². The van der Waals surface area contributed by atoms with E-state index in [9.17, 15) is 0 Å². The van der Waals surface area contributed by atoms with Gasteiger partial charge in [-0.05, 0) is 42.6 Å². The molecule has 0 spiro atoms. The largest absolute Gasteiger partial charge is 0.493 e. The Labute approximate surface area is 133 Å². The van der Waals surface area contributed by atoms with Crippen molar-refractivity contribution in [2.45, 2.75) is 26.3 Å². The zero-order valence-electron chi connectivity index (χ0n) is 13.4. The first-order chi connectivity index (χ1) is 10.8. The van der Waals surface area contributed by atoms with Gasteiger partial charge in [-0.3, -0.25) is 4.90 Å². The maximum Gasteiger partial charge on any atom is 0.119 e. The first-order valence-electron chi connectivity index (χ1n) is 8.31. The molecule has 0 radical (unpaired) electrons. The second kappa shape index (κ2) is 7.46. The molecule has 0 saturated carbocycles. The van der Waals surface area contributed by atoms with Gasteiger partial charge in [-0.1, -0.05) is 49.4 Å². The summed E-state index contributed by atoms with van der Waals surface area (Å²) in [5.74, 6) is 1.65. The van der Waals surface area contributed by atoms with Crippen molar-refractivity contribution in [3.8, 4) is 5.75 Å². The first kappa shape index (κ1) is 15.1. The molecule has 0 N–H and O–H groups in total. The van der Waals surface area contributed by atoms with Gasteiger partial charge >= 0.3 is 0 Å². The molecule has 2 nitrogen and oxygen atoms in total. The Bertz CT molecular complexity index is 564. The normalized spacial score (nSPS) is 18.5. The standard InChI is InChI=1S/C20H25NO/c1-2-17-8-10-20(11-9-17)22-16-19-12-13-21(15-19)14-18-6-4-3-5-7-18/h3-11,19H,2,12-16H2,1H3. The van der Waals surface area contributed by atoms with E-state index in [2.05, 4.69) is 66.4 Å². The predicted molar refractivity (Wildman–Crippen MR) is 91.1 cm³/mol. The highest BCUT2D eigenvalue weighted by atomic mass is 16.5. The number of nitrogens with zero attached hydrogens (tertiary/aromatic N) is 1. The predicted octanol–water partition coefficient (Wildman–Crippen LogP) is 4.15. The maximum absolute atomic E-state index is 5.96. The molecule has 0 aliphatic carbocycles. The SMILES string of the molecule is CCc1ccc(OCC2CCN(Cc3ccccc3)C2)cc1. The second-order valence-corrected chi connectivity index (χ2v) is 6.18. The Kier molecular flexibility index (Phi) is 5.12. The third kappa shape index (κ3) is 4.11. The van der Waals surface area contributed by atoms with Crippen molar-refractivity contribution in [1.82, 2.24) is 4.90 Å². The molecule has 2 aromatic carbocycles. The van der Waals surface area contributed by atoms with Gasteiger partial charge in [0.2, 0.25) is 0 Å². The number of hydrogen-bond donors (Lipinski definition) is 0. The van der Waals surface area contributed by atoms with Crippen molar-refractivity contribution in [3.63, 3.8) is 0 Å². The van der Waals surface area contributed by atoms with Crippen LogP contribution in [0.15, 0.2) is 54.6 Å². The highest BCUT2D eigenvalue weighted by Crippen LogP contribution is 2.20. The van der Waals surface area contributed by atoms with Crippen LogP contribution < -0.4 is 4.74 Å². The molecule has 1 atom stereocenters. The van der Waals surface area contributed by atoms with Gasteiger partial charge in [-0.2, -0.15) is 0 Å². The van der Waals surface area contributed by atoms with Crippen molar-refractivity contribution >= 4 is 0 Å². The van der Waals surface area contributed by atoms with Gasteiger partial charge in [-0.25, -0.2) is 0 Å². The van der Waals surface area contributed by atoms with Gasteiger partial charge in [0.1, 0.15) is 5.75 Å². The number of aryl methyl sites for hydroxylation is 1. The molecular weight excluding hydrogens is 270 g/mol. The fourth-order valence-corrected chi connectivity index (χ4v) is 3.07. The molecule has 1 fully saturated rings. The van der Waals surface area contributed by atoms with Crippen LogP contribution in [0, 0.1) is 5.92 Å². The van der Waals surface area contributed by atoms with E-state index in [1.54, 1.807) is 0 Å². The average Bonchev–Trinajstić information content (AvgIpc) is 3.02. The molecule has 0 amide bonds. The van der Waals surface area contributed by atoms with E-state index in [-0.39, 0.29) is 0 Å². The molecule has 22 heavy (non-hydrogen) atoms. The zero-order chi connectivity index (χ0) is 15.2. The minimum absolute atomic E-state index is 0.648. The number of rotatable bonds is 6. The van der Waals surface area contributed by atoms with E-state index in [4.69, 9.17) is 4.74 Å². The van der Waals surface area contributed by atoms with E-state index in [0.717, 1.165) is 31.9 Å². The molecular formula is C20H25NO. The molecule has 0 aromatic heterocycles. The Morgan fingerprint density at radius 1 is 1.00 bits per heavy atom. The van der Waals surface area contributed by atoms with Crippen LogP contribution in [-0.4, -0.2) is 24.6 Å². The minimum atomic E-state index is 0.648. The number of benzene rings is 2. The third-order valence-electron chi connectivity index (χ3n) is 4.44. The molecule has 2 heteroatoms. The molecule has 1 saturated heterocycles. The number of likely N-dealkylation sites (tertiary alicyclic amines) is 1. The lowest BCUT2D eigenvalue weighted by Gasteiger charge is -2.16. The van der Waals surface area contributed by atoms with E-state index in [1.165, 1.54) is 24.1 Å². The minimum Gasteiger partial charge on any atom is -0.493 e. The Balaban J connectivity index is 1.44. The summed E-state index contributed by atoms with van der Waals surface area (Å²) in [6.07, 6.45) is 2.32. The van der Waals surface area contributed by atoms with Gasteiger partial charge in [0.25, 0.3) is 0 Å². The topological polar surface area (TPSA) is 12.5 Å². The van der Waals surface area contributed by atoms with Crippen molar-refractivity contribution in [1.29, 1.82) is 0 Å². The molecule has 1 aliphatic rings. The van der Waals surface area contributed by atoms with Gasteiger partial charge in [-0.15, -0.1) is 0 Å². The lowest BCUT2D eigenvalue weighted by molar-refractivity contribution is 0.238. The summed E-state index contributed by atoms with van der Waals surface area (Å²) in [5, 5.41) is 0. The van der Waals surface area contributed by atoms with Crippen molar-refractivity contribution in [3.05, 3.63) is 65.7 Å². The summed E-state index contributed by atoms with van der Waals surface area (Å²) < 4.78 is 5.96. The quantitative estimate of drug-likeness (QED) is 0.794. The van der Waals surface area contributed by atoms with E-state index >= 15 is 0 Å². The van der Waals surface area contributed by atoms with Crippen LogP contribution in [0.25, 0.3) is 0 Å². The summed E-state index contributed by atoms with van der Waals surface area (Å²) in [6, 6.07) is 19.2. The van der Waals surface area contributed by atoms with Crippen LogP contribution in [-0.2, 0) is 13.0 Å². The summed E-state index contributed by atoms with van der Waals surface area (Å²) in [4.78, 5) is 2.53. The Hall–Kier alpha value is -1.80. The fourth-order valence-electron chi connectivity index (χ4n) is 3.07. The summed E-state index contributed by atoms with van der Waals surface area (Å²) >= 11 is 0. The zero-order valence-corrected chi connectivity index (χ0v) is 13.4. The molecule has 1 heterocycles. The van der Waals surface area contributed by atoms with Crippen LogP contribution in [0.5, 0.6) is 5.75 Å². The van der Waals surface area contributed by atoms with Crippen molar-refractivity contribution < 1.29 is 4.74 Å². The highest BCUT2D eigenvalue weighted by molar-refractivity contribution is 5.27. The molecule has 116 valence electrons. The molecule has 1 aliphatic heterocycles. The van der Waals surface area contributed by atoms with Crippen LogP contribution in [0.4, 0.5) is 0 Å². The van der Waals surface area contributed by atoms with Gasteiger partial charge < -0.3 is 4.74 Å². The van der Waals surface area contributed by atoms with Crippen LogP contribution in [0.2, 0.25) is 0 Å². The lowest BCUT2D eigenvalue weighted by atomic mass is 10.1. The first-order valence-corrected chi connectivity index (χ1v) is 8.31. The second-order valence-electron chi connectivity index (χ2n) is 6.18. The fraction of sp³-hybridized carbons (Fsp3) is 0.400. The summed E-state index contributed by atoms with van der Waals surface area (Å²) in [5.41, 5.74) is 2.77. The lowest BCUT2D eigenvalue weighted by Crippen LogP contribution is -2.22. The smallest absolute Gasteiger partial charge is 0.119 e. The Morgan fingerprint density at radius 3 is 2.50 bits per heavy atom. The van der Waals surface area contributed by atoms with Crippen LogP contribution >= 0.6 is 0 Å². The van der Waals surface area contributed by atoms with Crippen molar-refractivity contribution in [2.75, 3.05) is 19.7 Å². The van der Waals surface area contributed by atoms with Gasteiger partial charge in [0.15, 0.2) is 0 Å². The van der Waals surface area contributed by atoms with Gasteiger partial charge in [0.05, 0.1) is 6.61 Å². The number of hydrogen-bond acceptors (Lipinski definition) is 2. The van der Waals surface area contributed by atoms with Gasteiger partial charge in [0, 0.05) is 19.0 Å². The third-order valence-corrected chi connectivity index (χ3v) is 4.44. The van der Waals surface area contributed by atoms with Crippen molar-refractivity contribution in [2.24, 2.45) is 5.92 Å². The summed E-state index contributed by atoms with van der Waals surface area (Å²) in [7, 11) is 0. The monoisotopic (exact) mass is 295 g/mol. The van der Waals surface area contributed by atoms with Crippen LogP contribution in [0.3, 0.4) is 0 Å². The molecule has 1 unspecified atom stereocenters. The molecule has 3 rings (SSSR count). The van der Waals surface area contributed by atoms with E-state index in [0.29, 0.717) is 5.92 Å².